The van der Waals surface area contributed by atoms with Crippen molar-refractivity contribution in [1.82, 2.24) is 0 Å². The summed E-state index contributed by atoms with van der Waals surface area (Å²) in [4.78, 5) is 32.4. The number of nitrogens with one attached hydrogen (secondary N) is 1. The molecule has 2 aliphatic rings. The molecule has 6 nitrogen and oxygen atoms in total. The first-order valence-corrected chi connectivity index (χ1v) is 9.97. The van der Waals surface area contributed by atoms with Gasteiger partial charge in [0.05, 0.1) is 30.1 Å². The molecule has 1 fully saturated rings. The van der Waals surface area contributed by atoms with E-state index in [0.29, 0.717) is 22.1 Å². The molecule has 1 saturated carbocycles. The molecule has 0 aromatic heterocycles. The maximum atomic E-state index is 13.2. The highest BCUT2D eigenvalue weighted by Gasteiger charge is 2.37. The normalized spacial score (nSPS) is 17.9. The third-order valence-electron chi connectivity index (χ3n) is 5.39. The number of fused-ring (bicyclic) bond motifs is 2. The zero-order chi connectivity index (χ0) is 20.5. The molecule has 0 bridgehead atoms. The number of benzene rings is 2. The molecule has 2 amide bonds. The molecule has 0 unspecified atom stereocenters. The minimum atomic E-state index is -0.311. The Morgan fingerprint density at radius 1 is 1.34 bits per heavy atom. The molecule has 2 aromatic rings. The lowest BCUT2D eigenvalue weighted by Gasteiger charge is -2.24. The Labute approximate surface area is 174 Å². The Kier molecular flexibility index (Phi) is 5.28. The Balaban J connectivity index is 1.61. The first-order chi connectivity index (χ1) is 14.0. The molecule has 1 atom stereocenters. The third kappa shape index (κ3) is 3.72. The van der Waals surface area contributed by atoms with E-state index in [1.165, 1.54) is 7.11 Å². The van der Waals surface area contributed by atoms with E-state index in [1.54, 1.807) is 17.0 Å². The number of hydrogen-bond acceptors (Lipinski definition) is 4. The Hall–Kier alpha value is -2.86. The van der Waals surface area contributed by atoms with E-state index in [2.05, 4.69) is 5.32 Å². The van der Waals surface area contributed by atoms with E-state index in [-0.39, 0.29) is 24.3 Å². The number of aryl methyl sites for hydroxylation is 1. The summed E-state index contributed by atoms with van der Waals surface area (Å²) in [6.07, 6.45) is 2.54. The van der Waals surface area contributed by atoms with Gasteiger partial charge < -0.3 is 15.0 Å². The lowest BCUT2D eigenvalue weighted by Crippen LogP contribution is -2.41. The van der Waals surface area contributed by atoms with Gasteiger partial charge in [-0.1, -0.05) is 23.7 Å². The van der Waals surface area contributed by atoms with Gasteiger partial charge in [-0.25, -0.2) is 0 Å². The van der Waals surface area contributed by atoms with Gasteiger partial charge in [0.15, 0.2) is 0 Å². The second-order valence-corrected chi connectivity index (χ2v) is 7.72. The van der Waals surface area contributed by atoms with E-state index in [0.717, 1.165) is 36.2 Å². The Bertz CT molecular complexity index is 1020. The fourth-order valence-corrected chi connectivity index (χ4v) is 4.06. The second kappa shape index (κ2) is 7.87. The first-order valence-electron chi connectivity index (χ1n) is 9.60. The van der Waals surface area contributed by atoms with E-state index in [1.807, 2.05) is 31.2 Å². The first kappa shape index (κ1) is 19.5. The van der Waals surface area contributed by atoms with Crippen molar-refractivity contribution in [3.05, 3.63) is 47.0 Å². The van der Waals surface area contributed by atoms with Gasteiger partial charge in [0.2, 0.25) is 11.8 Å². The lowest BCUT2D eigenvalue weighted by atomic mass is 10.1. The van der Waals surface area contributed by atoms with Gasteiger partial charge in [0, 0.05) is 16.8 Å². The number of para-hydroxylation sites is 2. The van der Waals surface area contributed by atoms with Crippen LogP contribution in [0.25, 0.3) is 0 Å². The zero-order valence-corrected chi connectivity index (χ0v) is 17.1. The van der Waals surface area contributed by atoms with Gasteiger partial charge in [-0.15, -0.1) is 0 Å². The van der Waals surface area contributed by atoms with Crippen LogP contribution >= 0.6 is 11.6 Å². The molecular formula is C22H22ClN3O3. The number of amides is 2. The van der Waals surface area contributed by atoms with Crippen molar-refractivity contribution in [2.24, 2.45) is 10.9 Å². The smallest absolute Gasteiger partial charge is 0.244 e. The van der Waals surface area contributed by atoms with E-state index < -0.39 is 0 Å². The summed E-state index contributed by atoms with van der Waals surface area (Å²) in [7, 11) is 1.52. The van der Waals surface area contributed by atoms with E-state index in [4.69, 9.17) is 21.3 Å². The number of hydrogen-bond donors (Lipinski definition) is 1. The number of carbonyl (C=O) groups excluding carboxylic acids is 2. The van der Waals surface area contributed by atoms with Crippen LogP contribution in [0.15, 0.2) is 41.4 Å². The highest BCUT2D eigenvalue weighted by atomic mass is 35.5. The van der Waals surface area contributed by atoms with Crippen LogP contribution in [0.3, 0.4) is 0 Å². The summed E-state index contributed by atoms with van der Waals surface area (Å²) < 4.78 is 5.33. The van der Waals surface area contributed by atoms with Gasteiger partial charge in [-0.2, -0.15) is 0 Å². The Morgan fingerprint density at radius 3 is 2.93 bits per heavy atom. The van der Waals surface area contributed by atoms with Crippen molar-refractivity contribution in [3.63, 3.8) is 0 Å². The predicted octanol–water partition coefficient (Wildman–Crippen LogP) is 4.51. The van der Waals surface area contributed by atoms with Crippen LogP contribution in [0.5, 0.6) is 5.75 Å². The number of carbonyl (C=O) groups is 2. The minimum Gasteiger partial charge on any atom is -0.495 e. The van der Waals surface area contributed by atoms with Crippen LogP contribution < -0.4 is 15.0 Å². The topological polar surface area (TPSA) is 71.0 Å². The molecule has 0 spiro atoms. The van der Waals surface area contributed by atoms with Crippen molar-refractivity contribution in [1.29, 1.82) is 0 Å². The van der Waals surface area contributed by atoms with Crippen LogP contribution in [0.1, 0.15) is 24.8 Å². The summed E-state index contributed by atoms with van der Waals surface area (Å²) in [5, 5.41) is 3.41. The maximum Gasteiger partial charge on any atom is 0.244 e. The molecule has 0 saturated heterocycles. The van der Waals surface area contributed by atoms with Crippen LogP contribution in [-0.2, 0) is 9.59 Å². The van der Waals surface area contributed by atoms with Crippen LogP contribution in [-0.4, -0.2) is 31.2 Å². The fraction of sp³-hybridized carbons (Fsp3) is 0.318. The van der Waals surface area contributed by atoms with Gasteiger partial charge in [-0.3, -0.25) is 14.6 Å². The summed E-state index contributed by atoms with van der Waals surface area (Å²) in [6.45, 7) is 1.75. The van der Waals surface area contributed by atoms with Gasteiger partial charge >= 0.3 is 0 Å². The van der Waals surface area contributed by atoms with Gasteiger partial charge in [0.1, 0.15) is 12.3 Å². The molecule has 1 heterocycles. The quantitative estimate of drug-likeness (QED) is 0.804. The fourth-order valence-electron chi connectivity index (χ4n) is 3.90. The number of methoxy groups -OCH3 is 1. The number of nitrogens with zero attached hydrogens (tertiary/aromatic N) is 2. The number of anilines is 2. The summed E-state index contributed by atoms with van der Waals surface area (Å²) in [6, 6.07) is 10.9. The van der Waals surface area contributed by atoms with Crippen molar-refractivity contribution in [3.8, 4) is 5.75 Å². The van der Waals surface area contributed by atoms with Crippen LogP contribution in [0.4, 0.5) is 17.1 Å². The molecule has 7 heteroatoms. The molecule has 0 radical (unpaired) electrons. The largest absolute Gasteiger partial charge is 0.495 e. The van der Waals surface area contributed by atoms with Crippen molar-refractivity contribution in [2.75, 3.05) is 23.9 Å². The van der Waals surface area contributed by atoms with Crippen molar-refractivity contribution in [2.45, 2.75) is 26.2 Å². The summed E-state index contributed by atoms with van der Waals surface area (Å²) >= 11 is 6.14. The van der Waals surface area contributed by atoms with E-state index in [9.17, 15) is 9.59 Å². The van der Waals surface area contributed by atoms with Gasteiger partial charge in [-0.05, 0) is 49.9 Å². The van der Waals surface area contributed by atoms with Crippen LogP contribution in [0.2, 0.25) is 5.02 Å². The monoisotopic (exact) mass is 411 g/mol. The maximum absolute atomic E-state index is 13.2. The standard InChI is InChI=1S/C22H22ClN3O3/c1-13-10-18(20(29-2)11-15(13)23)25-21(27)12-26-19-9-4-3-7-17(19)24-16-8-5-6-14(16)22(26)28/h3-4,7,9-11,14H,5-6,8,12H2,1-2H3,(H,25,27)/t14-/m1/s1. The average Bonchev–Trinajstić information content (AvgIpc) is 3.13. The van der Waals surface area contributed by atoms with Gasteiger partial charge in [0.25, 0.3) is 0 Å². The minimum absolute atomic E-state index is 0.0689. The molecule has 150 valence electrons. The molecule has 1 aliphatic carbocycles. The van der Waals surface area contributed by atoms with Crippen molar-refractivity contribution < 1.29 is 14.3 Å². The highest BCUT2D eigenvalue weighted by Crippen LogP contribution is 2.38. The molecule has 1 aliphatic heterocycles. The average molecular weight is 412 g/mol. The Morgan fingerprint density at radius 2 is 2.14 bits per heavy atom. The SMILES string of the molecule is COc1cc(Cl)c(C)cc1NC(=O)CN1C(=O)[C@@H]2CCCC2=Nc2ccccc21. The number of halogens is 1. The molecule has 1 N–H and O–H groups in total. The summed E-state index contributed by atoms with van der Waals surface area (Å²) in [5.41, 5.74) is 3.65. The van der Waals surface area contributed by atoms with E-state index >= 15 is 0 Å². The second-order valence-electron chi connectivity index (χ2n) is 7.31. The number of rotatable bonds is 4. The highest BCUT2D eigenvalue weighted by molar-refractivity contribution is 6.31. The van der Waals surface area contributed by atoms with Crippen molar-refractivity contribution >= 4 is 46.2 Å². The lowest BCUT2D eigenvalue weighted by molar-refractivity contribution is -0.123. The zero-order valence-electron chi connectivity index (χ0n) is 16.4. The molecule has 2 aromatic carbocycles. The number of ether oxygens (including phenoxy) is 1. The van der Waals surface area contributed by atoms with Crippen LogP contribution in [0, 0.1) is 12.8 Å². The predicted molar refractivity (Wildman–Crippen MR) is 115 cm³/mol. The molecular weight excluding hydrogens is 390 g/mol. The molecule has 29 heavy (non-hydrogen) atoms. The third-order valence-corrected chi connectivity index (χ3v) is 5.79. The molecule has 4 rings (SSSR count). The number of aliphatic imine (C=N–C) groups is 1. The summed E-state index contributed by atoms with van der Waals surface area (Å²) in [5.74, 6) is -0.157.